The van der Waals surface area contributed by atoms with Crippen molar-refractivity contribution >= 4 is 11.6 Å². The number of anilines is 1. The monoisotopic (exact) mass is 416 g/mol. The van der Waals surface area contributed by atoms with E-state index in [1.807, 2.05) is 48.9 Å². The van der Waals surface area contributed by atoms with Gasteiger partial charge in [-0.05, 0) is 45.2 Å². The van der Waals surface area contributed by atoms with Crippen molar-refractivity contribution in [1.82, 2.24) is 14.7 Å². The first-order chi connectivity index (χ1) is 14.2. The molecule has 1 heterocycles. The molecule has 8 heteroatoms. The molecule has 0 atom stereocenters. The second-order valence-electron chi connectivity index (χ2n) is 7.16. The summed E-state index contributed by atoms with van der Waals surface area (Å²) in [6.07, 6.45) is -4.53. The number of rotatable bonds is 6. The maximum Gasteiger partial charge on any atom is 0.418 e. The van der Waals surface area contributed by atoms with Crippen LogP contribution < -0.4 is 5.32 Å². The number of aryl methyl sites for hydroxylation is 1. The van der Waals surface area contributed by atoms with Gasteiger partial charge in [-0.3, -0.25) is 9.69 Å². The van der Waals surface area contributed by atoms with E-state index in [4.69, 9.17) is 0 Å². The highest BCUT2D eigenvalue weighted by Crippen LogP contribution is 2.34. The van der Waals surface area contributed by atoms with Crippen molar-refractivity contribution < 1.29 is 18.0 Å². The van der Waals surface area contributed by atoms with Gasteiger partial charge < -0.3 is 5.32 Å². The molecule has 3 aromatic rings. The standard InChI is InChI=1S/C22H23F3N4O/c1-15-18(16(2)29(27-15)17-9-5-4-6-10-17)13-28(3)14-21(30)26-20-12-8-7-11-19(20)22(23,24)25/h4-12H,13-14H2,1-3H3,(H,26,30). The molecule has 1 aromatic heterocycles. The fraction of sp³-hybridized carbons (Fsp3) is 0.273. The summed E-state index contributed by atoms with van der Waals surface area (Å²) in [7, 11) is 1.74. The Morgan fingerprint density at radius 3 is 2.37 bits per heavy atom. The molecule has 1 N–H and O–H groups in total. The minimum atomic E-state index is -4.53. The minimum Gasteiger partial charge on any atom is -0.324 e. The SMILES string of the molecule is Cc1nn(-c2ccccc2)c(C)c1CN(C)CC(=O)Nc1ccccc1C(F)(F)F. The van der Waals surface area contributed by atoms with Gasteiger partial charge in [0.25, 0.3) is 0 Å². The Balaban J connectivity index is 1.69. The molecule has 0 spiro atoms. The second kappa shape index (κ2) is 8.71. The van der Waals surface area contributed by atoms with Crippen molar-refractivity contribution in [3.63, 3.8) is 0 Å². The van der Waals surface area contributed by atoms with E-state index in [0.29, 0.717) is 6.54 Å². The van der Waals surface area contributed by atoms with Gasteiger partial charge in [-0.15, -0.1) is 0 Å². The average molecular weight is 416 g/mol. The summed E-state index contributed by atoms with van der Waals surface area (Å²) < 4.78 is 41.2. The van der Waals surface area contributed by atoms with Gasteiger partial charge in [0.1, 0.15) is 0 Å². The summed E-state index contributed by atoms with van der Waals surface area (Å²) in [5.41, 5.74) is 2.60. The van der Waals surface area contributed by atoms with E-state index in [1.54, 1.807) is 11.9 Å². The average Bonchev–Trinajstić information content (AvgIpc) is 2.96. The van der Waals surface area contributed by atoms with Gasteiger partial charge in [-0.25, -0.2) is 4.68 Å². The lowest BCUT2D eigenvalue weighted by Gasteiger charge is -2.18. The van der Waals surface area contributed by atoms with Crippen LogP contribution in [-0.4, -0.2) is 34.2 Å². The zero-order valence-electron chi connectivity index (χ0n) is 17.0. The number of nitrogens with one attached hydrogen (secondary N) is 1. The number of para-hydroxylation sites is 2. The van der Waals surface area contributed by atoms with Crippen molar-refractivity contribution in [3.8, 4) is 5.69 Å². The molecule has 30 heavy (non-hydrogen) atoms. The van der Waals surface area contributed by atoms with Gasteiger partial charge in [0.2, 0.25) is 5.91 Å². The third-order valence-corrected chi connectivity index (χ3v) is 4.79. The number of nitrogens with zero attached hydrogens (tertiary/aromatic N) is 3. The smallest absolute Gasteiger partial charge is 0.324 e. The molecule has 0 aliphatic rings. The van der Waals surface area contributed by atoms with Crippen LogP contribution in [-0.2, 0) is 17.5 Å². The van der Waals surface area contributed by atoms with E-state index in [-0.39, 0.29) is 12.2 Å². The first kappa shape index (κ1) is 21.6. The molecule has 3 rings (SSSR count). The topological polar surface area (TPSA) is 50.2 Å². The number of halogens is 3. The molecule has 0 unspecified atom stereocenters. The van der Waals surface area contributed by atoms with Gasteiger partial charge in [-0.2, -0.15) is 18.3 Å². The molecule has 0 radical (unpaired) electrons. The van der Waals surface area contributed by atoms with Crippen molar-refractivity contribution in [2.75, 3.05) is 18.9 Å². The van der Waals surface area contributed by atoms with E-state index < -0.39 is 17.6 Å². The number of hydrogen-bond donors (Lipinski definition) is 1. The van der Waals surface area contributed by atoms with Crippen LogP contribution in [0, 0.1) is 13.8 Å². The summed E-state index contributed by atoms with van der Waals surface area (Å²) in [6, 6.07) is 14.7. The fourth-order valence-electron chi connectivity index (χ4n) is 3.32. The Labute approximate surface area is 173 Å². The number of aromatic nitrogens is 2. The predicted octanol–water partition coefficient (Wildman–Crippen LogP) is 4.58. The molecule has 5 nitrogen and oxygen atoms in total. The fourth-order valence-corrected chi connectivity index (χ4v) is 3.32. The van der Waals surface area contributed by atoms with Crippen LogP contribution in [0.5, 0.6) is 0 Å². The minimum absolute atomic E-state index is 0.0540. The van der Waals surface area contributed by atoms with Gasteiger partial charge in [0.15, 0.2) is 0 Å². The van der Waals surface area contributed by atoms with Gasteiger partial charge in [-0.1, -0.05) is 30.3 Å². The highest BCUT2D eigenvalue weighted by molar-refractivity contribution is 5.93. The third kappa shape index (κ3) is 4.88. The number of likely N-dealkylation sites (N-methyl/N-ethyl adjacent to an activating group) is 1. The Morgan fingerprint density at radius 2 is 1.70 bits per heavy atom. The van der Waals surface area contributed by atoms with Crippen LogP contribution in [0.3, 0.4) is 0 Å². The largest absolute Gasteiger partial charge is 0.418 e. The first-order valence-corrected chi connectivity index (χ1v) is 9.42. The normalized spacial score (nSPS) is 11.7. The lowest BCUT2D eigenvalue weighted by Crippen LogP contribution is -2.30. The summed E-state index contributed by atoms with van der Waals surface area (Å²) in [6.45, 7) is 4.24. The molecule has 0 bridgehead atoms. The van der Waals surface area contributed by atoms with Crippen LogP contribution in [0.25, 0.3) is 5.69 Å². The Hall–Kier alpha value is -3.13. The van der Waals surface area contributed by atoms with Crippen LogP contribution in [0.1, 0.15) is 22.5 Å². The molecule has 0 aliphatic heterocycles. The third-order valence-electron chi connectivity index (χ3n) is 4.79. The van der Waals surface area contributed by atoms with Crippen molar-refractivity contribution in [2.24, 2.45) is 0 Å². The van der Waals surface area contributed by atoms with E-state index in [2.05, 4.69) is 10.4 Å². The number of carbonyl (C=O) groups is 1. The summed E-state index contributed by atoms with van der Waals surface area (Å²) >= 11 is 0. The van der Waals surface area contributed by atoms with Crippen LogP contribution >= 0.6 is 0 Å². The Bertz CT molecular complexity index is 1030. The van der Waals surface area contributed by atoms with E-state index in [1.165, 1.54) is 18.2 Å². The summed E-state index contributed by atoms with van der Waals surface area (Å²) in [5, 5.41) is 6.96. The summed E-state index contributed by atoms with van der Waals surface area (Å²) in [4.78, 5) is 14.1. The number of benzene rings is 2. The molecule has 0 fully saturated rings. The van der Waals surface area contributed by atoms with Crippen molar-refractivity contribution in [2.45, 2.75) is 26.6 Å². The number of alkyl halides is 3. The first-order valence-electron chi connectivity index (χ1n) is 9.42. The number of amides is 1. The maximum absolute atomic E-state index is 13.1. The van der Waals surface area contributed by atoms with Crippen molar-refractivity contribution in [1.29, 1.82) is 0 Å². The Morgan fingerprint density at radius 1 is 1.07 bits per heavy atom. The Kier molecular flexibility index (Phi) is 6.26. The molecule has 0 aliphatic carbocycles. The number of carbonyl (C=O) groups excluding carboxylic acids is 1. The quantitative estimate of drug-likeness (QED) is 0.640. The summed E-state index contributed by atoms with van der Waals surface area (Å²) in [5.74, 6) is -0.514. The maximum atomic E-state index is 13.1. The van der Waals surface area contributed by atoms with E-state index >= 15 is 0 Å². The van der Waals surface area contributed by atoms with Crippen LogP contribution in [0.15, 0.2) is 54.6 Å². The molecule has 1 amide bonds. The van der Waals surface area contributed by atoms with Crippen LogP contribution in [0.4, 0.5) is 18.9 Å². The molecular weight excluding hydrogens is 393 g/mol. The van der Waals surface area contributed by atoms with Crippen molar-refractivity contribution in [3.05, 3.63) is 77.1 Å². The number of hydrogen-bond acceptors (Lipinski definition) is 3. The molecule has 2 aromatic carbocycles. The van der Waals surface area contributed by atoms with E-state index in [9.17, 15) is 18.0 Å². The van der Waals surface area contributed by atoms with Gasteiger partial charge in [0, 0.05) is 17.8 Å². The lowest BCUT2D eigenvalue weighted by molar-refractivity contribution is -0.137. The van der Waals surface area contributed by atoms with Gasteiger partial charge >= 0.3 is 6.18 Å². The zero-order chi connectivity index (χ0) is 21.9. The molecule has 0 saturated carbocycles. The lowest BCUT2D eigenvalue weighted by atomic mass is 10.1. The van der Waals surface area contributed by atoms with E-state index in [0.717, 1.165) is 28.7 Å². The zero-order valence-corrected chi connectivity index (χ0v) is 17.0. The molecule has 0 saturated heterocycles. The predicted molar refractivity (Wildman–Crippen MR) is 109 cm³/mol. The van der Waals surface area contributed by atoms with Crippen LogP contribution in [0.2, 0.25) is 0 Å². The van der Waals surface area contributed by atoms with Gasteiger partial charge in [0.05, 0.1) is 29.2 Å². The molecule has 158 valence electrons. The second-order valence-corrected chi connectivity index (χ2v) is 7.16. The highest BCUT2D eigenvalue weighted by atomic mass is 19.4. The highest BCUT2D eigenvalue weighted by Gasteiger charge is 2.33. The molecular formula is C22H23F3N4O.